The van der Waals surface area contributed by atoms with Crippen LogP contribution in [0.15, 0.2) is 41.3 Å². The van der Waals surface area contributed by atoms with Gasteiger partial charge in [0.1, 0.15) is 0 Å². The molecule has 34 heavy (non-hydrogen) atoms. The summed E-state index contributed by atoms with van der Waals surface area (Å²) < 4.78 is 29.9. The summed E-state index contributed by atoms with van der Waals surface area (Å²) in [5.74, 6) is -0.208. The molecule has 1 aliphatic heterocycles. The predicted octanol–water partition coefficient (Wildman–Crippen LogP) is 4.45. The number of anilines is 1. The van der Waals surface area contributed by atoms with Crippen LogP contribution in [0.3, 0.4) is 0 Å². The van der Waals surface area contributed by atoms with Gasteiger partial charge in [-0.15, -0.1) is 12.4 Å². The van der Waals surface area contributed by atoms with E-state index in [4.69, 9.17) is 21.3 Å². The van der Waals surface area contributed by atoms with E-state index in [9.17, 15) is 13.2 Å². The third-order valence-electron chi connectivity index (χ3n) is 5.60. The normalized spacial score (nSPS) is 14.7. The number of benzene rings is 2. The summed E-state index contributed by atoms with van der Waals surface area (Å²) in [7, 11) is -3.33. The lowest BCUT2D eigenvalue weighted by Gasteiger charge is -2.27. The van der Waals surface area contributed by atoms with E-state index in [1.54, 1.807) is 17.0 Å². The number of morpholine rings is 1. The molecule has 1 amide bonds. The molecule has 1 saturated heterocycles. The Balaban J connectivity index is 0.00000324. The molecule has 1 aliphatic rings. The second-order valence-corrected chi connectivity index (χ2v) is 11.6. The topological polar surface area (TPSA) is 79.8 Å². The van der Waals surface area contributed by atoms with E-state index in [-0.39, 0.29) is 23.2 Å². The molecule has 0 bridgehead atoms. The van der Waals surface area contributed by atoms with Gasteiger partial charge in [-0.1, -0.05) is 22.9 Å². The lowest BCUT2D eigenvalue weighted by molar-refractivity contribution is 0.0376. The Labute approximate surface area is 215 Å². The van der Waals surface area contributed by atoms with Gasteiger partial charge >= 0.3 is 0 Å². The maximum absolute atomic E-state index is 13.5. The van der Waals surface area contributed by atoms with Crippen LogP contribution in [0.4, 0.5) is 5.13 Å². The SMILES string of the molecule is Cc1cc(Cl)cc2sc(N(CCCN3CCOCC3)C(=O)c3ccc(S(C)(=O)=O)cc3)nc12.Cl. The minimum Gasteiger partial charge on any atom is -0.379 e. The van der Waals surface area contributed by atoms with E-state index < -0.39 is 9.84 Å². The van der Waals surface area contributed by atoms with Crippen molar-refractivity contribution in [3.8, 4) is 0 Å². The smallest absolute Gasteiger partial charge is 0.260 e. The van der Waals surface area contributed by atoms with Crippen LogP contribution in [0.25, 0.3) is 10.2 Å². The van der Waals surface area contributed by atoms with Crippen LogP contribution in [-0.2, 0) is 14.6 Å². The van der Waals surface area contributed by atoms with E-state index in [0.29, 0.717) is 22.3 Å². The lowest BCUT2D eigenvalue weighted by atomic mass is 10.2. The number of carbonyl (C=O) groups excluding carboxylic acids is 1. The molecule has 0 atom stereocenters. The Morgan fingerprint density at radius 1 is 1.21 bits per heavy atom. The van der Waals surface area contributed by atoms with Gasteiger partial charge in [-0.25, -0.2) is 13.4 Å². The van der Waals surface area contributed by atoms with Gasteiger partial charge in [0.2, 0.25) is 0 Å². The van der Waals surface area contributed by atoms with Crippen molar-refractivity contribution < 1.29 is 17.9 Å². The standard InChI is InChI=1S/C23H26ClN3O4S2.ClH/c1-16-14-18(24)15-20-21(16)25-23(32-20)27(9-3-8-26-10-12-31-13-11-26)22(28)17-4-6-19(7-5-17)33(2,29)30;/h4-7,14-15H,3,8-13H2,1-2H3;1H. The van der Waals surface area contributed by atoms with Crippen molar-refractivity contribution in [2.75, 3.05) is 50.5 Å². The molecule has 1 aromatic heterocycles. The van der Waals surface area contributed by atoms with Crippen molar-refractivity contribution in [2.24, 2.45) is 0 Å². The summed E-state index contributed by atoms with van der Waals surface area (Å²) in [5.41, 5.74) is 2.21. The van der Waals surface area contributed by atoms with Crippen molar-refractivity contribution in [3.05, 3.63) is 52.5 Å². The molecular weight excluding hydrogens is 517 g/mol. The summed E-state index contributed by atoms with van der Waals surface area (Å²) in [5, 5.41) is 1.24. The molecule has 0 radical (unpaired) electrons. The first kappa shape index (κ1) is 26.8. The lowest BCUT2D eigenvalue weighted by Crippen LogP contribution is -2.39. The maximum Gasteiger partial charge on any atom is 0.260 e. The van der Waals surface area contributed by atoms with Crippen LogP contribution >= 0.6 is 35.3 Å². The van der Waals surface area contributed by atoms with Gasteiger partial charge in [-0.05, 0) is 55.3 Å². The molecule has 3 aromatic rings. The number of nitrogens with zero attached hydrogens (tertiary/aromatic N) is 3. The molecule has 0 aliphatic carbocycles. The molecule has 0 unspecified atom stereocenters. The Morgan fingerprint density at radius 3 is 2.53 bits per heavy atom. The monoisotopic (exact) mass is 543 g/mol. The first-order valence-corrected chi connectivity index (χ1v) is 13.8. The Morgan fingerprint density at radius 2 is 1.88 bits per heavy atom. The number of sulfone groups is 1. The van der Waals surface area contributed by atoms with Crippen molar-refractivity contribution in [1.29, 1.82) is 0 Å². The molecule has 7 nitrogen and oxygen atoms in total. The number of aromatic nitrogens is 1. The van der Waals surface area contributed by atoms with Gasteiger partial charge in [-0.3, -0.25) is 14.6 Å². The van der Waals surface area contributed by atoms with Crippen molar-refractivity contribution >= 4 is 66.4 Å². The van der Waals surface area contributed by atoms with Gasteiger partial charge in [0.25, 0.3) is 5.91 Å². The van der Waals surface area contributed by atoms with E-state index in [2.05, 4.69) is 4.90 Å². The van der Waals surface area contributed by atoms with Crippen LogP contribution < -0.4 is 4.90 Å². The fourth-order valence-electron chi connectivity index (χ4n) is 3.82. The predicted molar refractivity (Wildman–Crippen MR) is 140 cm³/mol. The summed E-state index contributed by atoms with van der Waals surface area (Å²) in [6.45, 7) is 6.54. The number of hydrogen-bond acceptors (Lipinski definition) is 7. The Bertz CT molecular complexity index is 1260. The quantitative estimate of drug-likeness (QED) is 0.437. The van der Waals surface area contributed by atoms with Gasteiger partial charge < -0.3 is 4.74 Å². The zero-order valence-corrected chi connectivity index (χ0v) is 22.2. The van der Waals surface area contributed by atoms with Crippen molar-refractivity contribution in [2.45, 2.75) is 18.2 Å². The average Bonchev–Trinajstić information content (AvgIpc) is 3.20. The van der Waals surface area contributed by atoms with Gasteiger partial charge in [0, 0.05) is 43.0 Å². The molecule has 0 N–H and O–H groups in total. The molecule has 184 valence electrons. The summed E-state index contributed by atoms with van der Waals surface area (Å²) in [4.78, 5) is 22.5. The second kappa shape index (κ2) is 11.3. The van der Waals surface area contributed by atoms with Gasteiger partial charge in [-0.2, -0.15) is 0 Å². The number of fused-ring (bicyclic) bond motifs is 1. The number of amides is 1. The molecule has 2 heterocycles. The highest BCUT2D eigenvalue weighted by Crippen LogP contribution is 2.33. The molecule has 2 aromatic carbocycles. The Kier molecular flexibility index (Phi) is 8.94. The third kappa shape index (κ3) is 6.27. The average molecular weight is 545 g/mol. The van der Waals surface area contributed by atoms with E-state index >= 15 is 0 Å². The van der Waals surface area contributed by atoms with Crippen LogP contribution in [-0.4, -0.2) is 69.9 Å². The van der Waals surface area contributed by atoms with Crippen LogP contribution in [0.2, 0.25) is 5.02 Å². The largest absolute Gasteiger partial charge is 0.379 e. The zero-order chi connectivity index (χ0) is 23.6. The molecule has 1 fully saturated rings. The minimum atomic E-state index is -3.33. The number of rotatable bonds is 7. The summed E-state index contributed by atoms with van der Waals surface area (Å²) in [6.07, 6.45) is 1.93. The molecule has 4 rings (SSSR count). The summed E-state index contributed by atoms with van der Waals surface area (Å²) >= 11 is 7.66. The Hall–Kier alpha value is -1.75. The van der Waals surface area contributed by atoms with E-state index in [0.717, 1.165) is 61.3 Å². The summed E-state index contributed by atoms with van der Waals surface area (Å²) in [6, 6.07) is 9.78. The third-order valence-corrected chi connectivity index (χ3v) is 7.98. The van der Waals surface area contributed by atoms with E-state index in [1.807, 2.05) is 19.1 Å². The number of carbonyl (C=O) groups is 1. The van der Waals surface area contributed by atoms with Crippen molar-refractivity contribution in [3.63, 3.8) is 0 Å². The number of ether oxygens (including phenoxy) is 1. The molecular formula is C23H27Cl2N3O4S2. The number of aryl methyl sites for hydroxylation is 1. The highest BCUT2D eigenvalue weighted by molar-refractivity contribution is 7.90. The molecule has 0 spiro atoms. The van der Waals surface area contributed by atoms with Crippen LogP contribution in [0, 0.1) is 6.92 Å². The zero-order valence-electron chi connectivity index (χ0n) is 19.0. The van der Waals surface area contributed by atoms with E-state index in [1.165, 1.54) is 23.5 Å². The fraction of sp³-hybridized carbons (Fsp3) is 0.391. The highest BCUT2D eigenvalue weighted by atomic mass is 35.5. The number of halogens is 2. The second-order valence-electron chi connectivity index (χ2n) is 8.13. The van der Waals surface area contributed by atoms with Gasteiger partial charge in [0.15, 0.2) is 15.0 Å². The fourth-order valence-corrected chi connectivity index (χ4v) is 5.90. The van der Waals surface area contributed by atoms with Crippen LogP contribution in [0.5, 0.6) is 0 Å². The molecule has 0 saturated carbocycles. The first-order chi connectivity index (χ1) is 15.7. The number of hydrogen-bond donors (Lipinski definition) is 0. The highest BCUT2D eigenvalue weighted by Gasteiger charge is 2.23. The van der Waals surface area contributed by atoms with Crippen molar-refractivity contribution in [1.82, 2.24) is 9.88 Å². The van der Waals surface area contributed by atoms with Crippen LogP contribution in [0.1, 0.15) is 22.3 Å². The number of thiazole rings is 1. The maximum atomic E-state index is 13.5. The van der Waals surface area contributed by atoms with Gasteiger partial charge in [0.05, 0.1) is 28.3 Å². The molecule has 11 heteroatoms. The minimum absolute atomic E-state index is 0. The first-order valence-electron chi connectivity index (χ1n) is 10.7.